The first-order chi connectivity index (χ1) is 12.9. The number of hydrogen-bond donors (Lipinski definition) is 0. The molecule has 1 saturated heterocycles. The van der Waals surface area contributed by atoms with E-state index in [-0.39, 0.29) is 18.0 Å². The summed E-state index contributed by atoms with van der Waals surface area (Å²) >= 11 is 0. The molecule has 1 aliphatic rings. The minimum atomic E-state index is -0.687. The molecule has 0 saturated carbocycles. The number of likely N-dealkylation sites (N-methyl/N-ethyl adjacent to an activating group) is 1. The number of esters is 1. The fourth-order valence-corrected chi connectivity index (χ4v) is 2.45. The van der Waals surface area contributed by atoms with E-state index in [1.807, 2.05) is 0 Å². The highest BCUT2D eigenvalue weighted by Gasteiger charge is 2.21. The first-order valence-corrected chi connectivity index (χ1v) is 8.44. The fraction of sp³-hybridized carbons (Fsp3) is 0.500. The Bertz CT molecular complexity index is 664. The molecule has 1 aromatic rings. The molecule has 148 valence electrons. The van der Waals surface area contributed by atoms with Gasteiger partial charge in [-0.25, -0.2) is 4.79 Å². The van der Waals surface area contributed by atoms with Crippen LogP contribution in [0.1, 0.15) is 10.4 Å². The second kappa shape index (κ2) is 9.77. The van der Waals surface area contributed by atoms with E-state index < -0.39 is 18.5 Å². The van der Waals surface area contributed by atoms with Crippen molar-refractivity contribution in [1.82, 2.24) is 9.80 Å². The lowest BCUT2D eigenvalue weighted by Gasteiger charge is -2.28. The van der Waals surface area contributed by atoms with Crippen LogP contribution in [0.4, 0.5) is 0 Å². The predicted molar refractivity (Wildman–Crippen MR) is 94.9 cm³/mol. The van der Waals surface area contributed by atoms with Crippen LogP contribution in [-0.4, -0.2) is 88.3 Å². The summed E-state index contributed by atoms with van der Waals surface area (Å²) in [6.07, 6.45) is 0. The van der Waals surface area contributed by atoms with Crippen molar-refractivity contribution in [3.63, 3.8) is 0 Å². The van der Waals surface area contributed by atoms with Crippen molar-refractivity contribution in [2.45, 2.75) is 0 Å². The molecule has 9 heteroatoms. The van der Waals surface area contributed by atoms with Crippen molar-refractivity contribution in [3.8, 4) is 11.5 Å². The van der Waals surface area contributed by atoms with Gasteiger partial charge >= 0.3 is 5.97 Å². The van der Waals surface area contributed by atoms with Crippen LogP contribution in [-0.2, 0) is 19.1 Å². The third-order valence-electron chi connectivity index (χ3n) is 4.08. The van der Waals surface area contributed by atoms with Gasteiger partial charge in [-0.05, 0) is 12.1 Å². The van der Waals surface area contributed by atoms with Gasteiger partial charge in [0.25, 0.3) is 5.91 Å². The smallest absolute Gasteiger partial charge is 0.338 e. The van der Waals surface area contributed by atoms with Crippen molar-refractivity contribution in [3.05, 3.63) is 23.8 Å². The van der Waals surface area contributed by atoms with Gasteiger partial charge in [-0.2, -0.15) is 0 Å². The van der Waals surface area contributed by atoms with Crippen LogP contribution in [0.15, 0.2) is 18.2 Å². The first-order valence-electron chi connectivity index (χ1n) is 8.44. The number of morpholine rings is 1. The lowest BCUT2D eigenvalue weighted by atomic mass is 10.2. The molecule has 0 bridgehead atoms. The molecule has 1 heterocycles. The van der Waals surface area contributed by atoms with Crippen LogP contribution in [0.5, 0.6) is 11.5 Å². The maximum Gasteiger partial charge on any atom is 0.338 e. The van der Waals surface area contributed by atoms with Gasteiger partial charge in [0.05, 0.1) is 39.5 Å². The van der Waals surface area contributed by atoms with E-state index in [0.717, 1.165) is 0 Å². The fourth-order valence-electron chi connectivity index (χ4n) is 2.45. The van der Waals surface area contributed by atoms with Crippen molar-refractivity contribution in [2.75, 3.05) is 60.7 Å². The molecule has 0 atom stereocenters. The van der Waals surface area contributed by atoms with E-state index in [0.29, 0.717) is 37.8 Å². The third kappa shape index (κ3) is 5.85. The average molecular weight is 380 g/mol. The second-order valence-electron chi connectivity index (χ2n) is 5.92. The van der Waals surface area contributed by atoms with Crippen LogP contribution in [0.2, 0.25) is 0 Å². The lowest BCUT2D eigenvalue weighted by molar-refractivity contribution is -0.143. The Morgan fingerprint density at radius 2 is 1.67 bits per heavy atom. The van der Waals surface area contributed by atoms with Gasteiger partial charge in [-0.15, -0.1) is 0 Å². The van der Waals surface area contributed by atoms with E-state index in [1.54, 1.807) is 11.0 Å². The number of ether oxygens (including phenoxy) is 4. The maximum atomic E-state index is 12.2. The Morgan fingerprint density at radius 1 is 1.07 bits per heavy atom. The van der Waals surface area contributed by atoms with Crippen LogP contribution in [0.25, 0.3) is 0 Å². The first kappa shape index (κ1) is 20.5. The minimum Gasteiger partial charge on any atom is -0.497 e. The summed E-state index contributed by atoms with van der Waals surface area (Å²) in [5.74, 6) is -0.465. The molecule has 27 heavy (non-hydrogen) atoms. The summed E-state index contributed by atoms with van der Waals surface area (Å²) in [5, 5.41) is 0. The Morgan fingerprint density at radius 3 is 2.22 bits per heavy atom. The molecular weight excluding hydrogens is 356 g/mol. The molecule has 1 fully saturated rings. The number of carbonyl (C=O) groups is 3. The lowest BCUT2D eigenvalue weighted by Crippen LogP contribution is -2.46. The number of benzene rings is 1. The maximum absolute atomic E-state index is 12.2. The molecule has 0 aliphatic carbocycles. The molecular formula is C18H24N2O7. The number of carbonyl (C=O) groups excluding carboxylic acids is 3. The molecule has 0 aromatic heterocycles. The summed E-state index contributed by atoms with van der Waals surface area (Å²) in [4.78, 5) is 39.4. The monoisotopic (exact) mass is 380 g/mol. The summed E-state index contributed by atoms with van der Waals surface area (Å²) < 4.78 is 20.4. The van der Waals surface area contributed by atoms with Crippen LogP contribution in [0.3, 0.4) is 0 Å². The third-order valence-corrected chi connectivity index (χ3v) is 4.08. The molecule has 9 nitrogen and oxygen atoms in total. The Labute approximate surface area is 157 Å². The van der Waals surface area contributed by atoms with Gasteiger partial charge in [0.1, 0.15) is 11.5 Å². The van der Waals surface area contributed by atoms with E-state index in [1.165, 1.54) is 38.3 Å². The van der Waals surface area contributed by atoms with Gasteiger partial charge in [-0.3, -0.25) is 9.59 Å². The number of amides is 2. The van der Waals surface area contributed by atoms with Crippen molar-refractivity contribution in [2.24, 2.45) is 0 Å². The Balaban J connectivity index is 1.86. The zero-order valence-corrected chi connectivity index (χ0v) is 15.7. The highest BCUT2D eigenvalue weighted by Crippen LogP contribution is 2.22. The van der Waals surface area contributed by atoms with E-state index in [9.17, 15) is 14.4 Å². The average Bonchev–Trinajstić information content (AvgIpc) is 2.71. The highest BCUT2D eigenvalue weighted by atomic mass is 16.5. The molecule has 0 radical (unpaired) electrons. The molecule has 0 N–H and O–H groups in total. The second-order valence-corrected chi connectivity index (χ2v) is 5.92. The van der Waals surface area contributed by atoms with Gasteiger partial charge in [0, 0.05) is 26.2 Å². The van der Waals surface area contributed by atoms with E-state index >= 15 is 0 Å². The summed E-state index contributed by atoms with van der Waals surface area (Å²) in [6.45, 7) is 1.45. The predicted octanol–water partition coefficient (Wildman–Crippen LogP) is 0.178. The van der Waals surface area contributed by atoms with Gasteiger partial charge < -0.3 is 28.7 Å². The largest absolute Gasteiger partial charge is 0.497 e. The van der Waals surface area contributed by atoms with E-state index in [4.69, 9.17) is 18.9 Å². The van der Waals surface area contributed by atoms with Crippen LogP contribution >= 0.6 is 0 Å². The molecule has 0 unspecified atom stereocenters. The summed E-state index contributed by atoms with van der Waals surface area (Å²) in [6, 6.07) is 4.59. The Kier molecular flexibility index (Phi) is 7.42. The summed E-state index contributed by atoms with van der Waals surface area (Å²) in [5.41, 5.74) is 0.200. The molecule has 2 rings (SSSR count). The Hall–Kier alpha value is -2.81. The molecule has 0 spiro atoms. The quantitative estimate of drug-likeness (QED) is 0.623. The van der Waals surface area contributed by atoms with Gasteiger partial charge in [0.15, 0.2) is 6.61 Å². The molecule has 2 amide bonds. The SMILES string of the molecule is COc1cc(OC)cc(C(=O)OCC(=O)N(C)CC(=O)N2CCOCC2)c1. The number of rotatable bonds is 7. The van der Waals surface area contributed by atoms with Crippen molar-refractivity contribution >= 4 is 17.8 Å². The van der Waals surface area contributed by atoms with E-state index in [2.05, 4.69) is 0 Å². The normalized spacial score (nSPS) is 13.7. The summed E-state index contributed by atoms with van der Waals surface area (Å²) in [7, 11) is 4.42. The van der Waals surface area contributed by atoms with Gasteiger partial charge in [0.2, 0.25) is 5.91 Å². The molecule has 1 aliphatic heterocycles. The zero-order valence-electron chi connectivity index (χ0n) is 15.7. The number of hydrogen-bond acceptors (Lipinski definition) is 7. The number of nitrogens with zero attached hydrogens (tertiary/aromatic N) is 2. The molecule has 1 aromatic carbocycles. The standard InChI is InChI=1S/C18H24N2O7/c1-19(11-16(21)20-4-6-26-7-5-20)17(22)12-27-18(23)13-8-14(24-2)10-15(9-13)25-3/h8-10H,4-7,11-12H2,1-3H3. The van der Waals surface area contributed by atoms with Crippen molar-refractivity contribution in [1.29, 1.82) is 0 Å². The highest BCUT2D eigenvalue weighted by molar-refractivity contribution is 5.92. The van der Waals surface area contributed by atoms with Crippen LogP contribution in [0, 0.1) is 0 Å². The minimum absolute atomic E-state index is 0.0800. The zero-order chi connectivity index (χ0) is 19.8. The van der Waals surface area contributed by atoms with Gasteiger partial charge in [-0.1, -0.05) is 0 Å². The number of methoxy groups -OCH3 is 2. The van der Waals surface area contributed by atoms with Crippen molar-refractivity contribution < 1.29 is 33.3 Å². The topological polar surface area (TPSA) is 94.6 Å². The van der Waals surface area contributed by atoms with Crippen LogP contribution < -0.4 is 9.47 Å².